The van der Waals surface area contributed by atoms with Gasteiger partial charge in [-0.2, -0.15) is 0 Å². The van der Waals surface area contributed by atoms with E-state index in [1.807, 2.05) is 0 Å². The molecule has 1 aromatic carbocycles. The lowest BCUT2D eigenvalue weighted by Gasteiger charge is -2.26. The number of ether oxygens (including phenoxy) is 3. The van der Waals surface area contributed by atoms with Gasteiger partial charge in [0.25, 0.3) is 5.91 Å². The summed E-state index contributed by atoms with van der Waals surface area (Å²) in [4.78, 5) is 41.0. The Labute approximate surface area is 185 Å². The third-order valence-corrected chi connectivity index (χ3v) is 5.14. The lowest BCUT2D eigenvalue weighted by molar-refractivity contribution is -0.151. The van der Waals surface area contributed by atoms with E-state index in [0.29, 0.717) is 19.3 Å². The third kappa shape index (κ3) is 5.40. The van der Waals surface area contributed by atoms with Crippen LogP contribution in [-0.4, -0.2) is 42.1 Å². The number of hydrogen-bond donors (Lipinski definition) is 1. The number of halogens is 1. The van der Waals surface area contributed by atoms with Gasteiger partial charge in [0.05, 0.1) is 7.11 Å². The number of fused-ring (bicyclic) bond motifs is 1. The number of nitrogens with zero attached hydrogens (tertiary/aromatic N) is 1. The monoisotopic (exact) mass is 444 g/mol. The number of carbonyl (C=O) groups is 3. The summed E-state index contributed by atoms with van der Waals surface area (Å²) in [5.41, 5.74) is 1.67. The molecule has 0 saturated carbocycles. The molecule has 1 aliphatic carbocycles. The Bertz CT molecular complexity index is 1030. The van der Waals surface area contributed by atoms with Crippen molar-refractivity contribution >= 4 is 17.8 Å². The van der Waals surface area contributed by atoms with E-state index in [9.17, 15) is 18.8 Å². The summed E-state index contributed by atoms with van der Waals surface area (Å²) >= 11 is 0. The maximum Gasteiger partial charge on any atom is 0.328 e. The van der Waals surface area contributed by atoms with E-state index < -0.39 is 23.9 Å². The first-order valence-electron chi connectivity index (χ1n) is 10.3. The molecule has 8 nitrogen and oxygen atoms in total. The number of esters is 2. The molecule has 1 aliphatic rings. The number of benzene rings is 1. The minimum atomic E-state index is -0.972. The van der Waals surface area contributed by atoms with Crippen molar-refractivity contribution in [3.05, 3.63) is 53.1 Å². The normalized spacial score (nSPS) is 15.8. The number of methoxy groups -OCH3 is 1. The van der Waals surface area contributed by atoms with Crippen molar-refractivity contribution in [1.82, 2.24) is 10.3 Å². The highest BCUT2D eigenvalue weighted by atomic mass is 19.1. The smallest absolute Gasteiger partial charge is 0.328 e. The van der Waals surface area contributed by atoms with Crippen LogP contribution >= 0.6 is 0 Å². The predicted molar refractivity (Wildman–Crippen MR) is 112 cm³/mol. The van der Waals surface area contributed by atoms with Crippen molar-refractivity contribution in [1.29, 1.82) is 0 Å². The number of nitrogens with one attached hydrogen (secondary N) is 1. The van der Waals surface area contributed by atoms with Crippen molar-refractivity contribution in [3.63, 3.8) is 0 Å². The SMILES string of the molecule is CCC(=O)Oc1c(OC)ccnc1C(=O)N[C@@H](C)C(=O)OC1CCc2cc(F)ccc2C1. The number of rotatable bonds is 7. The average molecular weight is 444 g/mol. The molecule has 0 fully saturated rings. The van der Waals surface area contributed by atoms with Gasteiger partial charge in [-0.1, -0.05) is 13.0 Å². The van der Waals surface area contributed by atoms with Crippen LogP contribution in [0.2, 0.25) is 0 Å². The highest BCUT2D eigenvalue weighted by Crippen LogP contribution is 2.30. The van der Waals surface area contributed by atoms with Crippen LogP contribution < -0.4 is 14.8 Å². The van der Waals surface area contributed by atoms with Gasteiger partial charge in [-0.05, 0) is 43.0 Å². The van der Waals surface area contributed by atoms with Crippen LogP contribution in [0.15, 0.2) is 30.5 Å². The van der Waals surface area contributed by atoms with Gasteiger partial charge < -0.3 is 19.5 Å². The summed E-state index contributed by atoms with van der Waals surface area (Å²) < 4.78 is 29.3. The van der Waals surface area contributed by atoms with E-state index in [4.69, 9.17) is 14.2 Å². The third-order valence-electron chi connectivity index (χ3n) is 5.14. The highest BCUT2D eigenvalue weighted by Gasteiger charge is 2.28. The van der Waals surface area contributed by atoms with E-state index in [2.05, 4.69) is 10.3 Å². The number of hydrogen-bond acceptors (Lipinski definition) is 7. The summed E-state index contributed by atoms with van der Waals surface area (Å²) in [5.74, 6) is -2.11. The van der Waals surface area contributed by atoms with E-state index in [0.717, 1.165) is 11.1 Å². The minimum Gasteiger partial charge on any atom is -0.493 e. The Morgan fingerprint density at radius 2 is 2.03 bits per heavy atom. The zero-order valence-electron chi connectivity index (χ0n) is 18.1. The van der Waals surface area contributed by atoms with Gasteiger partial charge in [-0.15, -0.1) is 0 Å². The Morgan fingerprint density at radius 1 is 1.25 bits per heavy atom. The Kier molecular flexibility index (Phi) is 7.40. The van der Waals surface area contributed by atoms with Gasteiger partial charge >= 0.3 is 11.9 Å². The van der Waals surface area contributed by atoms with Gasteiger partial charge in [0.2, 0.25) is 5.75 Å². The van der Waals surface area contributed by atoms with Crippen molar-refractivity contribution in [2.45, 2.75) is 51.7 Å². The lowest BCUT2D eigenvalue weighted by atomic mass is 9.89. The second-order valence-electron chi connectivity index (χ2n) is 7.43. The minimum absolute atomic E-state index is 0.0962. The summed E-state index contributed by atoms with van der Waals surface area (Å²) in [7, 11) is 1.37. The van der Waals surface area contributed by atoms with E-state index in [1.165, 1.54) is 38.4 Å². The van der Waals surface area contributed by atoms with Crippen LogP contribution in [0.4, 0.5) is 4.39 Å². The Balaban J connectivity index is 1.65. The fourth-order valence-corrected chi connectivity index (χ4v) is 3.42. The van der Waals surface area contributed by atoms with Crippen molar-refractivity contribution < 1.29 is 33.0 Å². The molecule has 0 aliphatic heterocycles. The lowest BCUT2D eigenvalue weighted by Crippen LogP contribution is -2.42. The van der Waals surface area contributed by atoms with Crippen LogP contribution in [0.5, 0.6) is 11.5 Å². The maximum absolute atomic E-state index is 13.4. The maximum atomic E-state index is 13.4. The van der Waals surface area contributed by atoms with Crippen LogP contribution in [0.3, 0.4) is 0 Å². The molecule has 1 unspecified atom stereocenters. The molecular weight excluding hydrogens is 419 g/mol. The van der Waals surface area contributed by atoms with E-state index >= 15 is 0 Å². The first-order valence-corrected chi connectivity index (χ1v) is 10.3. The molecule has 1 aromatic heterocycles. The van der Waals surface area contributed by atoms with Crippen LogP contribution in [0, 0.1) is 5.82 Å². The molecule has 0 bridgehead atoms. The number of carbonyl (C=O) groups excluding carboxylic acids is 3. The molecule has 0 saturated heterocycles. The molecular formula is C23H25FN2O6. The molecule has 0 radical (unpaired) electrons. The number of amides is 1. The zero-order chi connectivity index (χ0) is 23.3. The second kappa shape index (κ2) is 10.2. The largest absolute Gasteiger partial charge is 0.493 e. The van der Waals surface area contributed by atoms with Crippen LogP contribution in [-0.2, 0) is 27.2 Å². The van der Waals surface area contributed by atoms with Crippen molar-refractivity contribution in [3.8, 4) is 11.5 Å². The first-order chi connectivity index (χ1) is 15.3. The molecule has 1 N–H and O–H groups in total. The molecule has 9 heteroatoms. The predicted octanol–water partition coefficient (Wildman–Crippen LogP) is 2.76. The summed E-state index contributed by atoms with van der Waals surface area (Å²) in [5, 5.41) is 2.52. The molecule has 3 rings (SSSR count). The quantitative estimate of drug-likeness (QED) is 0.655. The molecule has 2 atom stereocenters. The molecule has 170 valence electrons. The van der Waals surface area contributed by atoms with Crippen LogP contribution in [0.1, 0.15) is 48.3 Å². The molecule has 0 spiro atoms. The summed E-state index contributed by atoms with van der Waals surface area (Å²) in [6, 6.07) is 5.07. The van der Waals surface area contributed by atoms with Crippen LogP contribution in [0.25, 0.3) is 0 Å². The standard InChI is InChI=1S/C23H25FN2O6/c1-4-19(27)32-21-18(30-3)9-10-25-20(21)22(28)26-13(2)23(29)31-17-8-6-14-11-16(24)7-5-15(14)12-17/h5,7,9-11,13,17H,4,6,8,12H2,1-3H3,(H,26,28)/t13-,17?/m0/s1. The first kappa shape index (κ1) is 23.2. The zero-order valence-corrected chi connectivity index (χ0v) is 18.1. The second-order valence-corrected chi connectivity index (χ2v) is 7.43. The highest BCUT2D eigenvalue weighted by molar-refractivity contribution is 5.98. The number of aryl methyl sites for hydroxylation is 1. The Hall–Kier alpha value is -3.49. The van der Waals surface area contributed by atoms with Gasteiger partial charge in [0.15, 0.2) is 11.4 Å². The van der Waals surface area contributed by atoms with Crippen molar-refractivity contribution in [2.24, 2.45) is 0 Å². The molecule has 32 heavy (non-hydrogen) atoms. The molecule has 1 amide bonds. The molecule has 2 aromatic rings. The van der Waals surface area contributed by atoms with Gasteiger partial charge in [-0.3, -0.25) is 9.59 Å². The summed E-state index contributed by atoms with van der Waals surface area (Å²) in [6.07, 6.45) is 2.72. The van der Waals surface area contributed by atoms with Gasteiger partial charge in [0.1, 0.15) is 18.0 Å². The summed E-state index contributed by atoms with van der Waals surface area (Å²) in [6.45, 7) is 3.10. The number of pyridine rings is 1. The Morgan fingerprint density at radius 3 is 2.75 bits per heavy atom. The molecule has 1 heterocycles. The fraction of sp³-hybridized carbons (Fsp3) is 0.391. The van der Waals surface area contributed by atoms with Gasteiger partial charge in [-0.25, -0.2) is 14.2 Å². The van der Waals surface area contributed by atoms with E-state index in [1.54, 1.807) is 13.0 Å². The topological polar surface area (TPSA) is 104 Å². The average Bonchev–Trinajstić information content (AvgIpc) is 2.78. The fourth-order valence-electron chi connectivity index (χ4n) is 3.42. The van der Waals surface area contributed by atoms with E-state index in [-0.39, 0.29) is 35.5 Å². The van der Waals surface area contributed by atoms with Gasteiger partial charge in [0, 0.05) is 25.1 Å². The number of aromatic nitrogens is 1. The van der Waals surface area contributed by atoms with Crippen molar-refractivity contribution in [2.75, 3.05) is 7.11 Å².